The fourth-order valence-electron chi connectivity index (χ4n) is 1.78. The third-order valence-electron chi connectivity index (χ3n) is 2.72. The van der Waals surface area contributed by atoms with Gasteiger partial charge in [0.2, 0.25) is 0 Å². The van der Waals surface area contributed by atoms with E-state index in [0.717, 1.165) is 5.56 Å². The number of benzene rings is 1. The smallest absolute Gasteiger partial charge is 0.294 e. The van der Waals surface area contributed by atoms with Crippen LogP contribution in [0.2, 0.25) is 19.6 Å². The van der Waals surface area contributed by atoms with E-state index in [0.29, 0.717) is 6.54 Å². The first-order chi connectivity index (χ1) is 8.08. The minimum atomic E-state index is -4.13. The van der Waals surface area contributed by atoms with Crippen molar-refractivity contribution in [2.24, 2.45) is 0 Å². The predicted octanol–water partition coefficient (Wildman–Crippen LogP) is 3.23. The third kappa shape index (κ3) is 5.22. The van der Waals surface area contributed by atoms with E-state index in [2.05, 4.69) is 19.6 Å². The van der Waals surface area contributed by atoms with Crippen molar-refractivity contribution in [2.75, 3.05) is 13.6 Å². The van der Waals surface area contributed by atoms with Crippen LogP contribution in [0.3, 0.4) is 0 Å². The summed E-state index contributed by atoms with van der Waals surface area (Å²) >= 11 is 0. The molecule has 0 spiro atoms. The molecular formula is C13H20F3NSi. The van der Waals surface area contributed by atoms with Gasteiger partial charge in [-0.05, 0) is 12.6 Å². The molecule has 0 bridgehead atoms. The minimum absolute atomic E-state index is 0.325. The van der Waals surface area contributed by atoms with E-state index in [-0.39, 0.29) is 0 Å². The molecular weight excluding hydrogens is 255 g/mol. The maximum atomic E-state index is 12.2. The first-order valence-electron chi connectivity index (χ1n) is 5.93. The Morgan fingerprint density at radius 1 is 1.06 bits per heavy atom. The average Bonchev–Trinajstić information content (AvgIpc) is 2.13. The molecule has 18 heavy (non-hydrogen) atoms. The Balaban J connectivity index is 2.64. The number of halogens is 3. The van der Waals surface area contributed by atoms with E-state index < -0.39 is 20.8 Å². The highest BCUT2D eigenvalue weighted by molar-refractivity contribution is 6.88. The third-order valence-corrected chi connectivity index (χ3v) is 4.79. The van der Waals surface area contributed by atoms with Crippen LogP contribution in [0.1, 0.15) is 5.56 Å². The molecule has 0 amide bonds. The van der Waals surface area contributed by atoms with Crippen LogP contribution in [-0.4, -0.2) is 32.7 Å². The Labute approximate surface area is 108 Å². The molecule has 0 aliphatic heterocycles. The van der Waals surface area contributed by atoms with Crippen LogP contribution in [0.4, 0.5) is 13.2 Å². The zero-order valence-electron chi connectivity index (χ0n) is 11.3. The Kier molecular flexibility index (Phi) is 4.61. The van der Waals surface area contributed by atoms with Crippen molar-refractivity contribution < 1.29 is 13.2 Å². The summed E-state index contributed by atoms with van der Waals surface area (Å²) in [6.45, 7) is 6.20. The standard InChI is InChI=1S/C13H20F3NSi/c1-17(10-13(14,15)16)9-11-5-7-12(8-6-11)18(2,3)4/h5-8H,9-10H2,1-4H3. The van der Waals surface area contributed by atoms with Gasteiger partial charge in [-0.2, -0.15) is 13.2 Å². The van der Waals surface area contributed by atoms with Crippen molar-refractivity contribution in [2.45, 2.75) is 32.4 Å². The molecule has 0 aliphatic rings. The van der Waals surface area contributed by atoms with Crippen molar-refractivity contribution in [3.63, 3.8) is 0 Å². The van der Waals surface area contributed by atoms with E-state index in [4.69, 9.17) is 0 Å². The van der Waals surface area contributed by atoms with Gasteiger partial charge in [-0.15, -0.1) is 0 Å². The van der Waals surface area contributed by atoms with Crippen molar-refractivity contribution in [3.05, 3.63) is 29.8 Å². The number of alkyl halides is 3. The molecule has 0 fully saturated rings. The normalized spacial score (nSPS) is 13.1. The molecule has 5 heteroatoms. The lowest BCUT2D eigenvalue weighted by atomic mass is 10.2. The molecule has 0 aromatic heterocycles. The highest BCUT2D eigenvalue weighted by Gasteiger charge is 2.29. The van der Waals surface area contributed by atoms with Crippen molar-refractivity contribution >= 4 is 13.3 Å². The highest BCUT2D eigenvalue weighted by atomic mass is 28.3. The number of hydrogen-bond acceptors (Lipinski definition) is 1. The summed E-state index contributed by atoms with van der Waals surface area (Å²) in [4.78, 5) is 1.28. The van der Waals surface area contributed by atoms with Gasteiger partial charge in [0, 0.05) is 6.54 Å². The van der Waals surface area contributed by atoms with Gasteiger partial charge in [0.05, 0.1) is 14.6 Å². The summed E-state index contributed by atoms with van der Waals surface area (Å²) < 4.78 is 36.6. The topological polar surface area (TPSA) is 3.24 Å². The first kappa shape index (κ1) is 15.2. The average molecular weight is 275 g/mol. The van der Waals surface area contributed by atoms with Crippen LogP contribution < -0.4 is 5.19 Å². The van der Waals surface area contributed by atoms with Gasteiger partial charge < -0.3 is 0 Å². The molecule has 0 N–H and O–H groups in total. The molecule has 0 atom stereocenters. The van der Waals surface area contributed by atoms with Crippen LogP contribution in [0.5, 0.6) is 0 Å². The van der Waals surface area contributed by atoms with Crippen molar-refractivity contribution in [3.8, 4) is 0 Å². The van der Waals surface area contributed by atoms with Crippen LogP contribution in [0, 0.1) is 0 Å². The lowest BCUT2D eigenvalue weighted by Gasteiger charge is -2.20. The zero-order valence-corrected chi connectivity index (χ0v) is 12.3. The van der Waals surface area contributed by atoms with Crippen molar-refractivity contribution in [1.82, 2.24) is 4.90 Å². The van der Waals surface area contributed by atoms with Gasteiger partial charge in [0.25, 0.3) is 0 Å². The summed E-state index contributed by atoms with van der Waals surface area (Å²) in [6, 6.07) is 7.95. The van der Waals surface area contributed by atoms with E-state index in [1.54, 1.807) is 0 Å². The Morgan fingerprint density at radius 3 is 1.94 bits per heavy atom. The second-order valence-electron chi connectivity index (χ2n) is 5.73. The van der Waals surface area contributed by atoms with Gasteiger partial charge in [-0.25, -0.2) is 0 Å². The lowest BCUT2D eigenvalue weighted by molar-refractivity contribution is -0.144. The highest BCUT2D eigenvalue weighted by Crippen LogP contribution is 2.16. The second-order valence-corrected chi connectivity index (χ2v) is 10.8. The Morgan fingerprint density at radius 2 is 1.56 bits per heavy atom. The summed E-state index contributed by atoms with van der Waals surface area (Å²) in [5.41, 5.74) is 0.920. The van der Waals surface area contributed by atoms with Crippen LogP contribution in [0.25, 0.3) is 0 Å². The number of rotatable bonds is 4. The summed E-state index contributed by atoms with van der Waals surface area (Å²) in [5, 5.41) is 1.32. The molecule has 0 radical (unpaired) electrons. The summed E-state index contributed by atoms with van der Waals surface area (Å²) in [5.74, 6) is 0. The Bertz CT molecular complexity index is 379. The molecule has 0 aliphatic carbocycles. The predicted molar refractivity (Wildman–Crippen MR) is 71.8 cm³/mol. The maximum Gasteiger partial charge on any atom is 0.401 e. The van der Waals surface area contributed by atoms with Crippen LogP contribution in [-0.2, 0) is 6.54 Å². The molecule has 1 nitrogen and oxygen atoms in total. The van der Waals surface area contributed by atoms with E-state index in [1.165, 1.54) is 17.1 Å². The molecule has 0 saturated carbocycles. The van der Waals surface area contributed by atoms with Gasteiger partial charge >= 0.3 is 6.18 Å². The van der Waals surface area contributed by atoms with E-state index in [9.17, 15) is 13.2 Å². The molecule has 1 rings (SSSR count). The quantitative estimate of drug-likeness (QED) is 0.763. The van der Waals surface area contributed by atoms with Gasteiger partial charge in [0.1, 0.15) is 0 Å². The van der Waals surface area contributed by atoms with Crippen molar-refractivity contribution in [1.29, 1.82) is 0 Å². The molecule has 0 heterocycles. The molecule has 1 aromatic carbocycles. The van der Waals surface area contributed by atoms with Crippen LogP contribution in [0.15, 0.2) is 24.3 Å². The lowest BCUT2D eigenvalue weighted by Crippen LogP contribution is -2.37. The monoisotopic (exact) mass is 275 g/mol. The molecule has 0 saturated heterocycles. The Hall–Kier alpha value is -0.813. The maximum absolute atomic E-state index is 12.2. The molecule has 1 aromatic rings. The largest absolute Gasteiger partial charge is 0.401 e. The zero-order chi connectivity index (χ0) is 14.0. The number of nitrogens with zero attached hydrogens (tertiary/aromatic N) is 1. The van der Waals surface area contributed by atoms with Crippen LogP contribution >= 0.6 is 0 Å². The minimum Gasteiger partial charge on any atom is -0.294 e. The van der Waals surface area contributed by atoms with Gasteiger partial charge in [0.15, 0.2) is 0 Å². The fourth-order valence-corrected chi connectivity index (χ4v) is 2.95. The summed E-state index contributed by atoms with van der Waals surface area (Å²) in [7, 11) is 0.158. The van der Waals surface area contributed by atoms with E-state index in [1.807, 2.05) is 24.3 Å². The van der Waals surface area contributed by atoms with E-state index >= 15 is 0 Å². The molecule has 102 valence electrons. The van der Waals surface area contributed by atoms with Gasteiger partial charge in [-0.3, -0.25) is 4.90 Å². The van der Waals surface area contributed by atoms with Gasteiger partial charge in [-0.1, -0.05) is 49.1 Å². The number of hydrogen-bond donors (Lipinski definition) is 0. The SMILES string of the molecule is CN(Cc1ccc([Si](C)(C)C)cc1)CC(F)(F)F. The second kappa shape index (κ2) is 5.44. The molecule has 0 unspecified atom stereocenters. The summed E-state index contributed by atoms with van der Waals surface area (Å²) in [6.07, 6.45) is -4.13. The fraction of sp³-hybridized carbons (Fsp3) is 0.538. The first-order valence-corrected chi connectivity index (χ1v) is 9.43.